The van der Waals surface area contributed by atoms with E-state index >= 15 is 0 Å². The molecule has 0 amide bonds. The zero-order chi connectivity index (χ0) is 14.4. The molecule has 0 aliphatic carbocycles. The number of H-pyrrole nitrogens is 1. The molecule has 4 rings (SSSR count). The Morgan fingerprint density at radius 1 is 1.05 bits per heavy atom. The third-order valence-corrected chi connectivity index (χ3v) is 3.54. The highest BCUT2D eigenvalue weighted by molar-refractivity contribution is 6.08. The van der Waals surface area contributed by atoms with E-state index in [1.807, 2.05) is 30.3 Å². The van der Waals surface area contributed by atoms with Gasteiger partial charge in [0.25, 0.3) is 0 Å². The van der Waals surface area contributed by atoms with Gasteiger partial charge in [-0.25, -0.2) is 14.8 Å². The summed E-state index contributed by atoms with van der Waals surface area (Å²) in [4.78, 5) is 24.3. The third-order valence-electron chi connectivity index (χ3n) is 3.54. The normalized spacial score (nSPS) is 11.3. The van der Waals surface area contributed by atoms with Gasteiger partial charge in [0.05, 0.1) is 18.2 Å². The number of carbonyl (C=O) groups is 1. The molecule has 0 saturated carbocycles. The van der Waals surface area contributed by atoms with Gasteiger partial charge in [-0.1, -0.05) is 24.3 Å². The van der Waals surface area contributed by atoms with Gasteiger partial charge in [-0.15, -0.1) is 0 Å². The number of aromatic amines is 1. The number of ether oxygens (including phenoxy) is 1. The number of nitrogens with one attached hydrogen (secondary N) is 1. The molecule has 0 bridgehead atoms. The maximum absolute atomic E-state index is 11.9. The average Bonchev–Trinajstić information content (AvgIpc) is 2.89. The number of rotatable bonds is 1. The standard InChI is InChI=1S/C16H11N3O2/c1-21-16(20)10-6-4-8-12-13(10)19-14-9-5-2-3-7-11(9)17-15(14)18-12/h2-8H,1H3,(H,17,18). The largest absolute Gasteiger partial charge is 0.465 e. The Morgan fingerprint density at radius 2 is 1.90 bits per heavy atom. The number of fused-ring (bicyclic) bond motifs is 4. The van der Waals surface area contributed by atoms with Crippen LogP contribution in [0.4, 0.5) is 0 Å². The SMILES string of the molecule is COC(=O)c1cccc2nc3[nH]c4ccccc4c3nc12. The molecule has 1 N–H and O–H groups in total. The second kappa shape index (κ2) is 4.28. The van der Waals surface area contributed by atoms with Crippen molar-refractivity contribution < 1.29 is 9.53 Å². The van der Waals surface area contributed by atoms with Gasteiger partial charge in [0.15, 0.2) is 5.65 Å². The van der Waals surface area contributed by atoms with E-state index in [4.69, 9.17) is 4.74 Å². The van der Waals surface area contributed by atoms with Crippen LogP contribution in [0.2, 0.25) is 0 Å². The van der Waals surface area contributed by atoms with Gasteiger partial charge in [-0.05, 0) is 18.2 Å². The Labute approximate surface area is 119 Å². The molecule has 5 nitrogen and oxygen atoms in total. The number of esters is 1. The van der Waals surface area contributed by atoms with E-state index in [0.717, 1.165) is 16.4 Å². The van der Waals surface area contributed by atoms with Gasteiger partial charge >= 0.3 is 5.97 Å². The first-order chi connectivity index (χ1) is 10.3. The summed E-state index contributed by atoms with van der Waals surface area (Å²) in [6, 6.07) is 13.2. The summed E-state index contributed by atoms with van der Waals surface area (Å²) in [7, 11) is 1.36. The van der Waals surface area contributed by atoms with Crippen molar-refractivity contribution in [1.82, 2.24) is 15.0 Å². The third kappa shape index (κ3) is 1.67. The van der Waals surface area contributed by atoms with E-state index in [-0.39, 0.29) is 0 Å². The summed E-state index contributed by atoms with van der Waals surface area (Å²) in [5.74, 6) is -0.408. The molecule has 0 fully saturated rings. The number of aromatic nitrogens is 3. The minimum Gasteiger partial charge on any atom is -0.465 e. The highest BCUT2D eigenvalue weighted by Crippen LogP contribution is 2.25. The lowest BCUT2D eigenvalue weighted by molar-refractivity contribution is 0.0603. The second-order valence-electron chi connectivity index (χ2n) is 4.76. The Bertz CT molecular complexity index is 1000. The van der Waals surface area contributed by atoms with Crippen molar-refractivity contribution in [3.8, 4) is 0 Å². The lowest BCUT2D eigenvalue weighted by Crippen LogP contribution is -2.03. The van der Waals surface area contributed by atoms with Crippen molar-refractivity contribution in [3.05, 3.63) is 48.0 Å². The monoisotopic (exact) mass is 277 g/mol. The molecule has 102 valence electrons. The van der Waals surface area contributed by atoms with Gasteiger partial charge in [-0.2, -0.15) is 0 Å². The van der Waals surface area contributed by atoms with Crippen LogP contribution in [-0.2, 0) is 4.74 Å². The van der Waals surface area contributed by atoms with Crippen molar-refractivity contribution >= 4 is 39.1 Å². The van der Waals surface area contributed by atoms with E-state index < -0.39 is 5.97 Å². The fraction of sp³-hybridized carbons (Fsp3) is 0.0625. The molecule has 4 aromatic rings. The molecule has 0 atom stereocenters. The fourth-order valence-electron chi connectivity index (χ4n) is 2.55. The first kappa shape index (κ1) is 11.8. The minimum atomic E-state index is -0.408. The molecule has 2 aromatic carbocycles. The van der Waals surface area contributed by atoms with Crippen LogP contribution in [0.15, 0.2) is 42.5 Å². The van der Waals surface area contributed by atoms with Crippen molar-refractivity contribution in [2.24, 2.45) is 0 Å². The average molecular weight is 277 g/mol. The summed E-state index contributed by atoms with van der Waals surface area (Å²) >= 11 is 0. The number of benzene rings is 2. The highest BCUT2D eigenvalue weighted by Gasteiger charge is 2.15. The van der Waals surface area contributed by atoms with Crippen molar-refractivity contribution in [1.29, 1.82) is 0 Å². The fourth-order valence-corrected chi connectivity index (χ4v) is 2.55. The van der Waals surface area contributed by atoms with Gasteiger partial charge in [0.1, 0.15) is 11.0 Å². The van der Waals surface area contributed by atoms with E-state index in [1.54, 1.807) is 12.1 Å². The predicted molar refractivity (Wildman–Crippen MR) is 80.2 cm³/mol. The van der Waals surface area contributed by atoms with Crippen LogP contribution in [0.1, 0.15) is 10.4 Å². The number of carbonyl (C=O) groups excluding carboxylic acids is 1. The van der Waals surface area contributed by atoms with Gasteiger partial charge in [0.2, 0.25) is 0 Å². The molecular formula is C16H11N3O2. The molecule has 0 saturated heterocycles. The molecule has 0 aliphatic heterocycles. The van der Waals surface area contributed by atoms with Crippen molar-refractivity contribution in [2.45, 2.75) is 0 Å². The second-order valence-corrected chi connectivity index (χ2v) is 4.76. The van der Waals surface area contributed by atoms with Crippen LogP contribution in [0.5, 0.6) is 0 Å². The maximum atomic E-state index is 11.9. The molecular weight excluding hydrogens is 266 g/mol. The zero-order valence-electron chi connectivity index (χ0n) is 11.3. The molecule has 21 heavy (non-hydrogen) atoms. The number of methoxy groups -OCH3 is 1. The summed E-state index contributed by atoms with van der Waals surface area (Å²) < 4.78 is 4.81. The summed E-state index contributed by atoms with van der Waals surface area (Å²) in [6.45, 7) is 0. The Balaban J connectivity index is 2.16. The first-order valence-electron chi connectivity index (χ1n) is 6.53. The molecule has 5 heteroatoms. The van der Waals surface area contributed by atoms with Gasteiger partial charge in [-0.3, -0.25) is 0 Å². The molecule has 0 spiro atoms. The van der Waals surface area contributed by atoms with Crippen LogP contribution >= 0.6 is 0 Å². The van der Waals surface area contributed by atoms with E-state index in [1.165, 1.54) is 7.11 Å². The maximum Gasteiger partial charge on any atom is 0.340 e. The van der Waals surface area contributed by atoms with Crippen LogP contribution < -0.4 is 0 Å². The number of nitrogens with zero attached hydrogens (tertiary/aromatic N) is 2. The first-order valence-corrected chi connectivity index (χ1v) is 6.53. The molecule has 2 aromatic heterocycles. The summed E-state index contributed by atoms with van der Waals surface area (Å²) in [5, 5.41) is 0.988. The smallest absolute Gasteiger partial charge is 0.340 e. The quantitative estimate of drug-likeness (QED) is 0.543. The van der Waals surface area contributed by atoms with E-state index in [9.17, 15) is 4.79 Å². The Kier molecular flexibility index (Phi) is 2.41. The summed E-state index contributed by atoms with van der Waals surface area (Å²) in [5.41, 5.74) is 4.09. The van der Waals surface area contributed by atoms with Crippen LogP contribution in [0.25, 0.3) is 33.1 Å². The topological polar surface area (TPSA) is 67.9 Å². The van der Waals surface area contributed by atoms with E-state index in [2.05, 4.69) is 15.0 Å². The Hall–Kier alpha value is -2.95. The molecule has 0 radical (unpaired) electrons. The lowest BCUT2D eigenvalue weighted by atomic mass is 10.1. The van der Waals surface area contributed by atoms with Crippen LogP contribution in [0, 0.1) is 0 Å². The minimum absolute atomic E-state index is 0.408. The van der Waals surface area contributed by atoms with E-state index in [0.29, 0.717) is 22.2 Å². The van der Waals surface area contributed by atoms with Crippen molar-refractivity contribution in [2.75, 3.05) is 7.11 Å². The van der Waals surface area contributed by atoms with Crippen LogP contribution in [0.3, 0.4) is 0 Å². The predicted octanol–water partition coefficient (Wildman–Crippen LogP) is 3.05. The number of hydrogen-bond acceptors (Lipinski definition) is 4. The van der Waals surface area contributed by atoms with Crippen LogP contribution in [-0.4, -0.2) is 28.0 Å². The molecule has 2 heterocycles. The lowest BCUT2D eigenvalue weighted by Gasteiger charge is -2.03. The number of hydrogen-bond donors (Lipinski definition) is 1. The molecule has 0 aliphatic rings. The van der Waals surface area contributed by atoms with Crippen molar-refractivity contribution in [3.63, 3.8) is 0 Å². The number of para-hydroxylation sites is 2. The van der Waals surface area contributed by atoms with Gasteiger partial charge in [0, 0.05) is 10.9 Å². The summed E-state index contributed by atoms with van der Waals surface area (Å²) in [6.07, 6.45) is 0. The Morgan fingerprint density at radius 3 is 2.76 bits per heavy atom. The highest BCUT2D eigenvalue weighted by atomic mass is 16.5. The zero-order valence-corrected chi connectivity index (χ0v) is 11.3. The molecule has 0 unspecified atom stereocenters. The van der Waals surface area contributed by atoms with Gasteiger partial charge < -0.3 is 9.72 Å².